The molecule has 0 heterocycles. The van der Waals surface area contributed by atoms with Crippen LogP contribution in [0.25, 0.3) is 0 Å². The molecule has 20 heavy (non-hydrogen) atoms. The summed E-state index contributed by atoms with van der Waals surface area (Å²) in [4.78, 5) is 11.7. The summed E-state index contributed by atoms with van der Waals surface area (Å²) in [6.07, 6.45) is 0.718. The molecule has 0 saturated carbocycles. The summed E-state index contributed by atoms with van der Waals surface area (Å²) in [5.41, 5.74) is 2.55. The number of benzene rings is 2. The maximum atomic E-state index is 11.7. The minimum atomic E-state index is -0.327. The zero-order valence-electron chi connectivity index (χ0n) is 11.8. The average molecular weight is 270 g/mol. The molecule has 0 aliphatic carbocycles. The Morgan fingerprint density at radius 1 is 1.05 bits per heavy atom. The molecule has 0 saturated heterocycles. The number of carbonyl (C=O) groups excluding carboxylic acids is 1. The van der Waals surface area contributed by atoms with Crippen molar-refractivity contribution in [3.05, 3.63) is 65.2 Å². The van der Waals surface area contributed by atoms with Gasteiger partial charge in [0.15, 0.2) is 0 Å². The highest BCUT2D eigenvalue weighted by Crippen LogP contribution is 2.24. The van der Waals surface area contributed by atoms with E-state index in [-0.39, 0.29) is 5.97 Å². The summed E-state index contributed by atoms with van der Waals surface area (Å²) >= 11 is 0. The Hall–Kier alpha value is -2.29. The molecule has 0 aliphatic rings. The molecule has 0 fully saturated rings. The van der Waals surface area contributed by atoms with Gasteiger partial charge in [-0.1, -0.05) is 43.3 Å². The summed E-state index contributed by atoms with van der Waals surface area (Å²) < 4.78 is 10.6. The summed E-state index contributed by atoms with van der Waals surface area (Å²) in [7, 11) is 1.39. The fourth-order valence-corrected chi connectivity index (χ4v) is 2.10. The van der Waals surface area contributed by atoms with Crippen LogP contribution in [0.5, 0.6) is 5.75 Å². The minimum Gasteiger partial charge on any atom is -0.489 e. The molecule has 0 N–H and O–H groups in total. The van der Waals surface area contributed by atoms with Gasteiger partial charge in [0.1, 0.15) is 12.4 Å². The van der Waals surface area contributed by atoms with Crippen molar-refractivity contribution in [2.75, 3.05) is 7.11 Å². The lowest BCUT2D eigenvalue weighted by atomic mass is 10.0. The second kappa shape index (κ2) is 6.75. The molecule has 0 aromatic heterocycles. The number of hydrogen-bond donors (Lipinski definition) is 0. The van der Waals surface area contributed by atoms with Gasteiger partial charge in [0, 0.05) is 5.56 Å². The first-order valence-corrected chi connectivity index (χ1v) is 6.63. The van der Waals surface area contributed by atoms with Gasteiger partial charge >= 0.3 is 5.97 Å². The van der Waals surface area contributed by atoms with Crippen LogP contribution in [-0.4, -0.2) is 13.1 Å². The fraction of sp³-hybridized carbons (Fsp3) is 0.235. The molecular weight excluding hydrogens is 252 g/mol. The van der Waals surface area contributed by atoms with Gasteiger partial charge in [-0.25, -0.2) is 4.79 Å². The maximum absolute atomic E-state index is 11.7. The van der Waals surface area contributed by atoms with Crippen molar-refractivity contribution in [1.29, 1.82) is 0 Å². The standard InChI is InChI=1S/C17H18O3/c1-3-14-15(17(18)19-2)10-7-11-16(14)20-12-13-8-5-4-6-9-13/h4-11H,3,12H2,1-2H3. The van der Waals surface area contributed by atoms with Crippen molar-refractivity contribution >= 4 is 5.97 Å². The first-order chi connectivity index (χ1) is 9.76. The Balaban J connectivity index is 2.21. The third-order valence-electron chi connectivity index (χ3n) is 3.13. The lowest BCUT2D eigenvalue weighted by Gasteiger charge is -2.13. The molecule has 2 aromatic rings. The number of methoxy groups -OCH3 is 1. The van der Waals surface area contributed by atoms with E-state index in [4.69, 9.17) is 9.47 Å². The normalized spacial score (nSPS) is 10.1. The molecule has 0 spiro atoms. The number of ether oxygens (including phenoxy) is 2. The van der Waals surface area contributed by atoms with Crippen LogP contribution in [0.4, 0.5) is 0 Å². The van der Waals surface area contributed by atoms with E-state index in [1.165, 1.54) is 7.11 Å². The third kappa shape index (κ3) is 3.18. The number of hydrogen-bond acceptors (Lipinski definition) is 3. The van der Waals surface area contributed by atoms with Crippen LogP contribution in [0, 0.1) is 0 Å². The first kappa shape index (κ1) is 14.1. The van der Waals surface area contributed by atoms with Gasteiger partial charge in [-0.05, 0) is 24.1 Å². The van der Waals surface area contributed by atoms with Crippen molar-refractivity contribution < 1.29 is 14.3 Å². The van der Waals surface area contributed by atoms with E-state index < -0.39 is 0 Å². The van der Waals surface area contributed by atoms with E-state index in [1.54, 1.807) is 6.07 Å². The average Bonchev–Trinajstić information content (AvgIpc) is 2.52. The number of esters is 1. The number of carbonyl (C=O) groups is 1. The Morgan fingerprint density at radius 2 is 1.80 bits per heavy atom. The molecular formula is C17H18O3. The summed E-state index contributed by atoms with van der Waals surface area (Å²) in [5, 5.41) is 0. The van der Waals surface area contributed by atoms with Crippen LogP contribution in [0.2, 0.25) is 0 Å². The van der Waals surface area contributed by atoms with E-state index in [0.717, 1.165) is 23.3 Å². The molecule has 0 bridgehead atoms. The summed E-state index contributed by atoms with van der Waals surface area (Å²) in [5.74, 6) is 0.409. The molecule has 0 radical (unpaired) electrons. The molecule has 3 nitrogen and oxygen atoms in total. The van der Waals surface area contributed by atoms with E-state index >= 15 is 0 Å². The van der Waals surface area contributed by atoms with Crippen LogP contribution in [0.3, 0.4) is 0 Å². The zero-order chi connectivity index (χ0) is 14.4. The van der Waals surface area contributed by atoms with Crippen molar-refractivity contribution in [3.63, 3.8) is 0 Å². The second-order valence-corrected chi connectivity index (χ2v) is 4.40. The lowest BCUT2D eigenvalue weighted by molar-refractivity contribution is 0.0599. The van der Waals surface area contributed by atoms with E-state index in [2.05, 4.69) is 0 Å². The van der Waals surface area contributed by atoms with E-state index in [9.17, 15) is 4.79 Å². The van der Waals surface area contributed by atoms with Gasteiger partial charge < -0.3 is 9.47 Å². The van der Waals surface area contributed by atoms with Crippen LogP contribution >= 0.6 is 0 Å². The maximum Gasteiger partial charge on any atom is 0.338 e. The Bertz CT molecular complexity index is 576. The highest BCUT2D eigenvalue weighted by molar-refractivity contribution is 5.91. The molecule has 0 aliphatic heterocycles. The van der Waals surface area contributed by atoms with Gasteiger partial charge in [-0.15, -0.1) is 0 Å². The largest absolute Gasteiger partial charge is 0.489 e. The first-order valence-electron chi connectivity index (χ1n) is 6.63. The molecule has 0 atom stereocenters. The predicted molar refractivity (Wildman–Crippen MR) is 77.9 cm³/mol. The minimum absolute atomic E-state index is 0.327. The predicted octanol–water partition coefficient (Wildman–Crippen LogP) is 3.61. The molecule has 104 valence electrons. The van der Waals surface area contributed by atoms with Crippen molar-refractivity contribution in [2.24, 2.45) is 0 Å². The van der Waals surface area contributed by atoms with Gasteiger partial charge in [0.25, 0.3) is 0 Å². The van der Waals surface area contributed by atoms with Crippen molar-refractivity contribution in [3.8, 4) is 5.75 Å². The lowest BCUT2D eigenvalue weighted by Crippen LogP contribution is -2.07. The van der Waals surface area contributed by atoms with Gasteiger partial charge in [0.05, 0.1) is 12.7 Å². The smallest absolute Gasteiger partial charge is 0.338 e. The second-order valence-electron chi connectivity index (χ2n) is 4.40. The summed E-state index contributed by atoms with van der Waals surface area (Å²) in [6, 6.07) is 15.4. The van der Waals surface area contributed by atoms with Gasteiger partial charge in [-0.3, -0.25) is 0 Å². The SMILES string of the molecule is CCc1c(OCc2ccccc2)cccc1C(=O)OC. The third-order valence-corrected chi connectivity index (χ3v) is 3.13. The zero-order valence-corrected chi connectivity index (χ0v) is 11.8. The van der Waals surface area contributed by atoms with Crippen LogP contribution in [-0.2, 0) is 17.8 Å². The Morgan fingerprint density at radius 3 is 2.45 bits per heavy atom. The highest BCUT2D eigenvalue weighted by Gasteiger charge is 2.14. The highest BCUT2D eigenvalue weighted by atomic mass is 16.5. The topological polar surface area (TPSA) is 35.5 Å². The molecule has 2 aromatic carbocycles. The van der Waals surface area contributed by atoms with E-state index in [0.29, 0.717) is 12.2 Å². The van der Waals surface area contributed by atoms with Crippen molar-refractivity contribution in [2.45, 2.75) is 20.0 Å². The van der Waals surface area contributed by atoms with Crippen molar-refractivity contribution in [1.82, 2.24) is 0 Å². The van der Waals surface area contributed by atoms with Crippen LogP contribution < -0.4 is 4.74 Å². The Labute approximate surface area is 119 Å². The number of rotatable bonds is 5. The van der Waals surface area contributed by atoms with Crippen LogP contribution in [0.1, 0.15) is 28.4 Å². The molecule has 3 heteroatoms. The van der Waals surface area contributed by atoms with Gasteiger partial charge in [-0.2, -0.15) is 0 Å². The monoisotopic (exact) mass is 270 g/mol. The molecule has 2 rings (SSSR count). The van der Waals surface area contributed by atoms with Crippen LogP contribution in [0.15, 0.2) is 48.5 Å². The Kier molecular flexibility index (Phi) is 4.77. The molecule has 0 unspecified atom stereocenters. The molecule has 0 amide bonds. The summed E-state index contributed by atoms with van der Waals surface area (Å²) in [6.45, 7) is 2.48. The van der Waals surface area contributed by atoms with Gasteiger partial charge in [0.2, 0.25) is 0 Å². The van der Waals surface area contributed by atoms with E-state index in [1.807, 2.05) is 49.4 Å². The fourth-order valence-electron chi connectivity index (χ4n) is 2.10. The quantitative estimate of drug-likeness (QED) is 0.778.